The van der Waals surface area contributed by atoms with Crippen LogP contribution in [0.15, 0.2) is 66.7 Å². The number of carbonyl (C=O) groups excluding carboxylic acids is 1. The minimum Gasteiger partial charge on any atom is -0.363 e. The highest BCUT2D eigenvalue weighted by molar-refractivity contribution is 5.93. The molecule has 1 aromatic heterocycles. The average molecular weight is 360 g/mol. The fourth-order valence-corrected chi connectivity index (χ4v) is 2.74. The lowest BCUT2D eigenvalue weighted by Gasteiger charge is -2.17. The molecule has 27 heavy (non-hydrogen) atoms. The Labute approximate surface area is 159 Å². The van der Waals surface area contributed by atoms with Gasteiger partial charge in [-0.1, -0.05) is 60.7 Å². The first-order valence-electron chi connectivity index (χ1n) is 9.10. The van der Waals surface area contributed by atoms with Gasteiger partial charge in [0.2, 0.25) is 0 Å². The van der Waals surface area contributed by atoms with E-state index in [0.29, 0.717) is 17.3 Å². The van der Waals surface area contributed by atoms with Gasteiger partial charge in [0, 0.05) is 23.7 Å². The van der Waals surface area contributed by atoms with Gasteiger partial charge in [-0.05, 0) is 26.3 Å². The van der Waals surface area contributed by atoms with Crippen LogP contribution in [0.25, 0.3) is 11.4 Å². The SMILES string of the molecule is CC(C)NC(=O)c1cc(NC(C)c2ccccc2)nc(-c2ccccc2)n1. The molecule has 138 valence electrons. The molecule has 3 rings (SSSR count). The van der Waals surface area contributed by atoms with Gasteiger partial charge in [-0.2, -0.15) is 0 Å². The zero-order valence-corrected chi connectivity index (χ0v) is 15.8. The number of anilines is 1. The predicted molar refractivity (Wildman–Crippen MR) is 109 cm³/mol. The third-order valence-electron chi connectivity index (χ3n) is 4.07. The maximum Gasteiger partial charge on any atom is 0.270 e. The van der Waals surface area contributed by atoms with Gasteiger partial charge in [-0.3, -0.25) is 4.79 Å². The second-order valence-electron chi connectivity index (χ2n) is 6.73. The van der Waals surface area contributed by atoms with E-state index in [-0.39, 0.29) is 18.0 Å². The number of benzene rings is 2. The van der Waals surface area contributed by atoms with Crippen molar-refractivity contribution in [3.8, 4) is 11.4 Å². The topological polar surface area (TPSA) is 66.9 Å². The maximum atomic E-state index is 12.5. The lowest BCUT2D eigenvalue weighted by Crippen LogP contribution is -2.31. The Bertz CT molecular complexity index is 895. The lowest BCUT2D eigenvalue weighted by atomic mass is 10.1. The fraction of sp³-hybridized carbons (Fsp3) is 0.227. The summed E-state index contributed by atoms with van der Waals surface area (Å²) in [4.78, 5) is 21.6. The number of nitrogens with zero attached hydrogens (tertiary/aromatic N) is 2. The molecular formula is C22H24N4O. The lowest BCUT2D eigenvalue weighted by molar-refractivity contribution is 0.0938. The van der Waals surface area contributed by atoms with E-state index in [1.165, 1.54) is 0 Å². The van der Waals surface area contributed by atoms with Crippen LogP contribution in [0.2, 0.25) is 0 Å². The van der Waals surface area contributed by atoms with Crippen LogP contribution in [0.5, 0.6) is 0 Å². The molecular weight excluding hydrogens is 336 g/mol. The summed E-state index contributed by atoms with van der Waals surface area (Å²) in [5, 5.41) is 6.28. The van der Waals surface area contributed by atoms with Gasteiger partial charge in [0.05, 0.1) is 0 Å². The highest BCUT2D eigenvalue weighted by Gasteiger charge is 2.15. The number of hydrogen-bond acceptors (Lipinski definition) is 4. The Morgan fingerprint density at radius 2 is 1.52 bits per heavy atom. The first-order valence-corrected chi connectivity index (χ1v) is 9.10. The summed E-state index contributed by atoms with van der Waals surface area (Å²) in [6.07, 6.45) is 0. The summed E-state index contributed by atoms with van der Waals surface area (Å²) in [6, 6.07) is 21.6. The molecule has 0 fully saturated rings. The van der Waals surface area contributed by atoms with E-state index >= 15 is 0 Å². The molecule has 0 saturated carbocycles. The normalized spacial score (nSPS) is 11.9. The van der Waals surface area contributed by atoms with E-state index in [9.17, 15) is 4.79 Å². The molecule has 0 aliphatic carbocycles. The van der Waals surface area contributed by atoms with E-state index in [4.69, 9.17) is 0 Å². The Morgan fingerprint density at radius 1 is 0.889 bits per heavy atom. The largest absolute Gasteiger partial charge is 0.363 e. The van der Waals surface area contributed by atoms with Gasteiger partial charge in [0.1, 0.15) is 11.5 Å². The smallest absolute Gasteiger partial charge is 0.270 e. The molecule has 1 atom stereocenters. The van der Waals surface area contributed by atoms with Crippen molar-refractivity contribution in [1.82, 2.24) is 15.3 Å². The van der Waals surface area contributed by atoms with E-state index in [0.717, 1.165) is 11.1 Å². The molecule has 0 spiro atoms. The zero-order valence-electron chi connectivity index (χ0n) is 15.8. The van der Waals surface area contributed by atoms with Gasteiger partial charge < -0.3 is 10.6 Å². The van der Waals surface area contributed by atoms with Crippen molar-refractivity contribution in [2.75, 3.05) is 5.32 Å². The number of rotatable bonds is 6. The molecule has 2 aromatic carbocycles. The quantitative estimate of drug-likeness (QED) is 0.681. The first-order chi connectivity index (χ1) is 13.0. The molecule has 0 bridgehead atoms. The van der Waals surface area contributed by atoms with Gasteiger partial charge in [-0.15, -0.1) is 0 Å². The van der Waals surface area contributed by atoms with Crippen LogP contribution in [-0.4, -0.2) is 21.9 Å². The van der Waals surface area contributed by atoms with Crippen LogP contribution in [-0.2, 0) is 0 Å². The van der Waals surface area contributed by atoms with Crippen LogP contribution in [0.3, 0.4) is 0 Å². The molecule has 5 nitrogen and oxygen atoms in total. The van der Waals surface area contributed by atoms with E-state index < -0.39 is 0 Å². The van der Waals surface area contributed by atoms with Crippen molar-refractivity contribution >= 4 is 11.7 Å². The van der Waals surface area contributed by atoms with Gasteiger partial charge >= 0.3 is 0 Å². The molecule has 3 aromatic rings. The molecule has 0 aliphatic heterocycles. The summed E-state index contributed by atoms with van der Waals surface area (Å²) in [7, 11) is 0. The van der Waals surface area contributed by atoms with Crippen molar-refractivity contribution in [3.05, 3.63) is 78.0 Å². The Balaban J connectivity index is 1.95. The molecule has 0 saturated heterocycles. The number of aromatic nitrogens is 2. The van der Waals surface area contributed by atoms with Crippen molar-refractivity contribution in [3.63, 3.8) is 0 Å². The van der Waals surface area contributed by atoms with Crippen molar-refractivity contribution in [2.45, 2.75) is 32.9 Å². The number of hydrogen-bond donors (Lipinski definition) is 2. The summed E-state index contributed by atoms with van der Waals surface area (Å²) in [5.41, 5.74) is 2.36. The van der Waals surface area contributed by atoms with Gasteiger partial charge in [0.15, 0.2) is 5.82 Å². The molecule has 0 radical (unpaired) electrons. The van der Waals surface area contributed by atoms with Gasteiger partial charge in [-0.25, -0.2) is 9.97 Å². The summed E-state index contributed by atoms with van der Waals surface area (Å²) in [6.45, 7) is 5.91. The molecule has 1 unspecified atom stereocenters. The van der Waals surface area contributed by atoms with Crippen molar-refractivity contribution in [2.24, 2.45) is 0 Å². The second kappa shape index (κ2) is 8.45. The first kappa shape index (κ1) is 18.6. The Kier molecular flexibility index (Phi) is 5.81. The number of amides is 1. The van der Waals surface area contributed by atoms with E-state index in [1.54, 1.807) is 6.07 Å². The average Bonchev–Trinajstić information content (AvgIpc) is 2.68. The number of nitrogens with one attached hydrogen (secondary N) is 2. The summed E-state index contributed by atoms with van der Waals surface area (Å²) < 4.78 is 0. The number of carbonyl (C=O) groups is 1. The third-order valence-corrected chi connectivity index (χ3v) is 4.07. The van der Waals surface area contributed by atoms with E-state index in [2.05, 4.69) is 39.7 Å². The molecule has 1 heterocycles. The van der Waals surface area contributed by atoms with Crippen LogP contribution in [0.4, 0.5) is 5.82 Å². The molecule has 5 heteroatoms. The standard InChI is InChI=1S/C22H24N4O/c1-15(2)23-22(27)19-14-20(24-16(3)17-10-6-4-7-11-17)26-21(25-19)18-12-8-5-9-13-18/h4-16H,1-3H3,(H,23,27)(H,24,25,26). The van der Waals surface area contributed by atoms with Crippen molar-refractivity contribution in [1.29, 1.82) is 0 Å². The monoisotopic (exact) mass is 360 g/mol. The van der Waals surface area contributed by atoms with Crippen LogP contribution >= 0.6 is 0 Å². The molecule has 1 amide bonds. The highest BCUT2D eigenvalue weighted by atomic mass is 16.1. The van der Waals surface area contributed by atoms with Gasteiger partial charge in [0.25, 0.3) is 5.91 Å². The Morgan fingerprint density at radius 3 is 2.15 bits per heavy atom. The zero-order chi connectivity index (χ0) is 19.2. The fourth-order valence-electron chi connectivity index (χ4n) is 2.74. The molecule has 2 N–H and O–H groups in total. The minimum absolute atomic E-state index is 0.0345. The van der Waals surface area contributed by atoms with E-state index in [1.807, 2.05) is 62.4 Å². The maximum absolute atomic E-state index is 12.5. The summed E-state index contributed by atoms with van der Waals surface area (Å²) in [5.74, 6) is 0.934. The van der Waals surface area contributed by atoms with Crippen molar-refractivity contribution < 1.29 is 4.79 Å². The third kappa shape index (κ3) is 4.91. The second-order valence-corrected chi connectivity index (χ2v) is 6.73. The van der Waals surface area contributed by atoms with Crippen LogP contribution < -0.4 is 10.6 Å². The van der Waals surface area contributed by atoms with Crippen LogP contribution in [0, 0.1) is 0 Å². The summed E-state index contributed by atoms with van der Waals surface area (Å²) >= 11 is 0. The highest BCUT2D eigenvalue weighted by Crippen LogP contribution is 2.22. The predicted octanol–water partition coefficient (Wildman–Crippen LogP) is 4.45. The molecule has 0 aliphatic rings. The minimum atomic E-state index is -0.208. The Hall–Kier alpha value is -3.21. The van der Waals surface area contributed by atoms with Crippen LogP contribution in [0.1, 0.15) is 42.9 Å².